The Balaban J connectivity index is 1.69. The summed E-state index contributed by atoms with van der Waals surface area (Å²) in [7, 11) is 0. The summed E-state index contributed by atoms with van der Waals surface area (Å²) in [5, 5.41) is 15.8. The molecule has 0 spiro atoms. The van der Waals surface area contributed by atoms with Crippen LogP contribution in [0.3, 0.4) is 0 Å². The molecular weight excluding hydrogens is 342 g/mol. The number of nitrogens with one attached hydrogen (secondary N) is 2. The summed E-state index contributed by atoms with van der Waals surface area (Å²) in [4.78, 5) is 16.6. The second-order valence-electron chi connectivity index (χ2n) is 5.38. The van der Waals surface area contributed by atoms with Crippen molar-refractivity contribution in [2.75, 3.05) is 5.32 Å². The Morgan fingerprint density at radius 2 is 1.96 bits per heavy atom. The van der Waals surface area contributed by atoms with E-state index in [2.05, 4.69) is 15.6 Å². The van der Waals surface area contributed by atoms with Crippen molar-refractivity contribution in [3.63, 3.8) is 0 Å². The van der Waals surface area contributed by atoms with E-state index in [0.717, 1.165) is 21.3 Å². The monoisotopic (exact) mass is 357 g/mol. The molecule has 0 unspecified atom stereocenters. The Labute approximate surface area is 148 Å². The quantitative estimate of drug-likeness (QED) is 0.609. The van der Waals surface area contributed by atoms with Crippen LogP contribution in [0.2, 0.25) is 0 Å². The minimum atomic E-state index is -0.269. The number of thiocarbonyl (C=S) groups is 1. The summed E-state index contributed by atoms with van der Waals surface area (Å²) >= 11 is 6.52. The fourth-order valence-electron chi connectivity index (χ4n) is 2.15. The van der Waals surface area contributed by atoms with E-state index in [4.69, 9.17) is 12.2 Å². The number of carbonyl (C=O) groups is 1. The zero-order chi connectivity index (χ0) is 17.3. The Hall–Kier alpha value is -2.51. The maximum absolute atomic E-state index is 12.2. The summed E-state index contributed by atoms with van der Waals surface area (Å²) < 4.78 is 0.834. The Bertz CT molecular complexity index is 950. The van der Waals surface area contributed by atoms with E-state index >= 15 is 0 Å². The second-order valence-corrected chi connectivity index (χ2v) is 6.82. The highest BCUT2D eigenvalue weighted by molar-refractivity contribution is 7.80. The number of aryl methyl sites for hydroxylation is 2. The van der Waals surface area contributed by atoms with Crippen LogP contribution in [-0.4, -0.2) is 21.1 Å². The van der Waals surface area contributed by atoms with Crippen LogP contribution in [0.5, 0.6) is 5.75 Å². The summed E-state index contributed by atoms with van der Waals surface area (Å²) in [5.41, 5.74) is 3.48. The van der Waals surface area contributed by atoms with Crippen LogP contribution in [0.1, 0.15) is 21.5 Å². The van der Waals surface area contributed by atoms with Gasteiger partial charge in [-0.25, -0.2) is 4.98 Å². The fraction of sp³-hybridized carbons (Fsp3) is 0.118. The van der Waals surface area contributed by atoms with Gasteiger partial charge in [0.1, 0.15) is 5.75 Å². The largest absolute Gasteiger partial charge is 0.508 e. The van der Waals surface area contributed by atoms with Gasteiger partial charge in [0.25, 0.3) is 5.91 Å². The first-order valence-electron chi connectivity index (χ1n) is 7.21. The lowest BCUT2D eigenvalue weighted by atomic mass is 10.1. The molecular formula is C17H15N3O2S2. The molecule has 0 radical (unpaired) electrons. The molecule has 24 heavy (non-hydrogen) atoms. The van der Waals surface area contributed by atoms with Crippen LogP contribution in [0.15, 0.2) is 36.4 Å². The van der Waals surface area contributed by atoms with Crippen LogP contribution < -0.4 is 10.6 Å². The predicted octanol–water partition coefficient (Wildman–Crippen LogP) is 3.75. The average molecular weight is 357 g/mol. The number of benzene rings is 2. The zero-order valence-electron chi connectivity index (χ0n) is 13.1. The number of phenols is 1. The van der Waals surface area contributed by atoms with E-state index in [0.29, 0.717) is 10.7 Å². The highest BCUT2D eigenvalue weighted by atomic mass is 32.1. The zero-order valence-corrected chi connectivity index (χ0v) is 14.7. The molecule has 122 valence electrons. The Morgan fingerprint density at radius 1 is 1.17 bits per heavy atom. The molecule has 3 rings (SSSR count). The van der Waals surface area contributed by atoms with Gasteiger partial charge in [0.2, 0.25) is 0 Å². The third kappa shape index (κ3) is 3.52. The summed E-state index contributed by atoms with van der Waals surface area (Å²) in [6.45, 7) is 3.95. The smallest absolute Gasteiger partial charge is 0.257 e. The molecule has 5 nitrogen and oxygen atoms in total. The van der Waals surface area contributed by atoms with Crippen LogP contribution in [0.4, 0.5) is 5.13 Å². The van der Waals surface area contributed by atoms with Gasteiger partial charge in [-0.15, -0.1) is 0 Å². The molecule has 3 aromatic rings. The normalized spacial score (nSPS) is 10.6. The highest BCUT2D eigenvalue weighted by Gasteiger charge is 2.11. The lowest BCUT2D eigenvalue weighted by Gasteiger charge is -2.08. The molecule has 0 saturated carbocycles. The van der Waals surface area contributed by atoms with Crippen molar-refractivity contribution < 1.29 is 9.90 Å². The number of aromatic nitrogens is 1. The van der Waals surface area contributed by atoms with Gasteiger partial charge in [-0.2, -0.15) is 0 Å². The number of nitrogens with zero attached hydrogens (tertiary/aromatic N) is 1. The molecule has 3 N–H and O–H groups in total. The Kier molecular flexibility index (Phi) is 4.46. The number of hydrogen-bond donors (Lipinski definition) is 3. The summed E-state index contributed by atoms with van der Waals surface area (Å²) in [6.07, 6.45) is 0. The van der Waals surface area contributed by atoms with Gasteiger partial charge in [0.15, 0.2) is 10.2 Å². The number of phenolic OH excluding ortho intramolecular Hbond substituents is 1. The number of fused-ring (bicyclic) bond motifs is 1. The molecule has 0 aliphatic rings. The van der Waals surface area contributed by atoms with E-state index in [-0.39, 0.29) is 16.8 Å². The molecule has 1 heterocycles. The maximum Gasteiger partial charge on any atom is 0.257 e. The second kappa shape index (κ2) is 6.54. The first-order valence-corrected chi connectivity index (χ1v) is 8.44. The van der Waals surface area contributed by atoms with Gasteiger partial charge in [0.05, 0.1) is 10.2 Å². The predicted molar refractivity (Wildman–Crippen MR) is 101 cm³/mol. The number of hydrogen-bond acceptors (Lipinski definition) is 5. The minimum Gasteiger partial charge on any atom is -0.508 e. The van der Waals surface area contributed by atoms with Crippen molar-refractivity contribution >= 4 is 49.9 Å². The van der Waals surface area contributed by atoms with Crippen molar-refractivity contribution in [3.8, 4) is 5.75 Å². The molecule has 0 saturated heterocycles. The van der Waals surface area contributed by atoms with Crippen molar-refractivity contribution in [1.82, 2.24) is 10.3 Å². The van der Waals surface area contributed by atoms with Gasteiger partial charge < -0.3 is 10.4 Å². The van der Waals surface area contributed by atoms with Crippen molar-refractivity contribution in [2.24, 2.45) is 0 Å². The van der Waals surface area contributed by atoms with Gasteiger partial charge in [0, 0.05) is 5.56 Å². The maximum atomic E-state index is 12.2. The number of anilines is 1. The molecule has 0 bridgehead atoms. The van der Waals surface area contributed by atoms with Gasteiger partial charge in [-0.3, -0.25) is 10.1 Å². The van der Waals surface area contributed by atoms with E-state index in [9.17, 15) is 9.90 Å². The topological polar surface area (TPSA) is 74.2 Å². The Morgan fingerprint density at radius 3 is 2.71 bits per heavy atom. The van der Waals surface area contributed by atoms with E-state index in [1.54, 1.807) is 24.3 Å². The third-order valence-corrected chi connectivity index (χ3v) is 4.73. The van der Waals surface area contributed by atoms with Crippen molar-refractivity contribution in [2.45, 2.75) is 13.8 Å². The van der Waals surface area contributed by atoms with Gasteiger partial charge in [-0.05, 0) is 67.5 Å². The van der Waals surface area contributed by atoms with E-state index in [1.165, 1.54) is 11.3 Å². The van der Waals surface area contributed by atoms with E-state index < -0.39 is 0 Å². The molecule has 0 aliphatic heterocycles. The number of thiazole rings is 1. The number of rotatable bonds is 2. The van der Waals surface area contributed by atoms with Crippen LogP contribution in [0.25, 0.3) is 10.2 Å². The van der Waals surface area contributed by atoms with Crippen molar-refractivity contribution in [3.05, 3.63) is 53.1 Å². The number of carbonyl (C=O) groups excluding carboxylic acids is 1. The molecule has 7 heteroatoms. The van der Waals surface area contributed by atoms with E-state index in [1.807, 2.05) is 26.0 Å². The average Bonchev–Trinajstić information content (AvgIpc) is 2.90. The molecule has 0 aliphatic carbocycles. The summed E-state index contributed by atoms with van der Waals surface area (Å²) in [6, 6.07) is 10.4. The minimum absolute atomic E-state index is 0.182. The first-order chi connectivity index (χ1) is 11.4. The molecule has 0 fully saturated rings. The SMILES string of the molecule is Cc1ccc(C(=O)NC(=S)Nc2nc3ccc(O)cc3s2)cc1C. The van der Waals surface area contributed by atoms with Crippen LogP contribution in [0, 0.1) is 13.8 Å². The summed E-state index contributed by atoms with van der Waals surface area (Å²) in [5.74, 6) is -0.0855. The van der Waals surface area contributed by atoms with Crippen LogP contribution >= 0.6 is 23.6 Å². The third-order valence-electron chi connectivity index (χ3n) is 3.59. The fourth-order valence-corrected chi connectivity index (χ4v) is 3.31. The molecule has 1 aromatic heterocycles. The standard InChI is InChI=1S/C17H15N3O2S2/c1-9-3-4-11(7-10(9)2)15(22)19-16(23)20-17-18-13-6-5-12(21)8-14(13)24-17/h3-8,21H,1-2H3,(H2,18,19,20,22,23). The number of aromatic hydroxyl groups is 1. The first kappa shape index (κ1) is 16.4. The molecule has 2 aromatic carbocycles. The van der Waals surface area contributed by atoms with Crippen molar-refractivity contribution in [1.29, 1.82) is 0 Å². The lowest BCUT2D eigenvalue weighted by Crippen LogP contribution is -2.34. The number of amides is 1. The van der Waals surface area contributed by atoms with Gasteiger partial charge in [-0.1, -0.05) is 17.4 Å². The van der Waals surface area contributed by atoms with Gasteiger partial charge >= 0.3 is 0 Å². The highest BCUT2D eigenvalue weighted by Crippen LogP contribution is 2.28. The van der Waals surface area contributed by atoms with Crippen LogP contribution in [-0.2, 0) is 0 Å². The lowest BCUT2D eigenvalue weighted by molar-refractivity contribution is 0.0977. The molecule has 0 atom stereocenters. The molecule has 1 amide bonds.